The molecule has 4 heteroatoms. The predicted octanol–water partition coefficient (Wildman–Crippen LogP) is -0.964. The van der Waals surface area contributed by atoms with Gasteiger partial charge in [0, 0.05) is 14.0 Å². The van der Waals surface area contributed by atoms with Crippen LogP contribution in [0.5, 0.6) is 0 Å². The summed E-state index contributed by atoms with van der Waals surface area (Å²) in [5.74, 6) is -0.282. The summed E-state index contributed by atoms with van der Waals surface area (Å²) in [5.41, 5.74) is 2.16. The highest BCUT2D eigenvalue weighted by Crippen LogP contribution is 1.63. The van der Waals surface area contributed by atoms with E-state index in [2.05, 4.69) is 5.43 Å². The molecule has 0 atom stereocenters. The Labute approximate surface area is 47.4 Å². The number of nitrogens with one attached hydrogen (secondary N) is 1. The molecule has 0 aliphatic carbocycles. The maximum Gasteiger partial charge on any atom is 0.331 e. The third-order valence-electron chi connectivity index (χ3n) is 0.462. The maximum atomic E-state index is 10.1. The molecular weight excluding hydrogens is 108 g/mol. The number of carbonyl (C=O) groups excluding carboxylic acids is 2. The summed E-state index contributed by atoms with van der Waals surface area (Å²) in [6.07, 6.45) is 1.45. The molecule has 0 aromatic carbocycles. The number of hydrazine groups is 1. The lowest BCUT2D eigenvalue weighted by Gasteiger charge is -2.06. The first-order chi connectivity index (χ1) is 3.66. The topological polar surface area (TPSA) is 49.4 Å². The Morgan fingerprint density at radius 2 is 2.25 bits per heavy atom. The van der Waals surface area contributed by atoms with E-state index in [0.29, 0.717) is 0 Å². The van der Waals surface area contributed by atoms with E-state index >= 15 is 0 Å². The predicted molar refractivity (Wildman–Crippen MR) is 27.3 cm³/mol. The van der Waals surface area contributed by atoms with Crippen LogP contribution in [0.1, 0.15) is 6.92 Å². The van der Waals surface area contributed by atoms with Crippen LogP contribution in [-0.4, -0.2) is 24.4 Å². The van der Waals surface area contributed by atoms with Crippen LogP contribution in [0.25, 0.3) is 0 Å². The number of hydrogen-bond acceptors (Lipinski definition) is 2. The van der Waals surface area contributed by atoms with E-state index < -0.39 is 0 Å². The highest BCUT2D eigenvalue weighted by Gasteiger charge is 1.92. The molecule has 0 aliphatic rings. The zero-order chi connectivity index (χ0) is 6.57. The SMILES string of the molecule is CC(=O)NN(C)[C]=O. The van der Waals surface area contributed by atoms with Crippen LogP contribution in [-0.2, 0) is 9.59 Å². The molecule has 2 amide bonds. The van der Waals surface area contributed by atoms with E-state index in [4.69, 9.17) is 0 Å². The fourth-order valence-electron chi connectivity index (χ4n) is 0.259. The summed E-state index contributed by atoms with van der Waals surface area (Å²) >= 11 is 0. The smallest absolute Gasteiger partial charge is 0.274 e. The summed E-state index contributed by atoms with van der Waals surface area (Å²) in [6.45, 7) is 1.31. The molecule has 0 aliphatic heterocycles. The van der Waals surface area contributed by atoms with Gasteiger partial charge in [0.1, 0.15) is 0 Å². The molecule has 4 nitrogen and oxygen atoms in total. The number of amides is 2. The molecule has 0 unspecified atom stereocenters. The van der Waals surface area contributed by atoms with Crippen molar-refractivity contribution in [1.29, 1.82) is 0 Å². The van der Waals surface area contributed by atoms with Crippen LogP contribution in [0.15, 0.2) is 0 Å². The Morgan fingerprint density at radius 3 is 2.38 bits per heavy atom. The van der Waals surface area contributed by atoms with E-state index in [-0.39, 0.29) is 5.91 Å². The normalized spacial score (nSPS) is 7.75. The first-order valence-corrected chi connectivity index (χ1v) is 2.05. The quantitative estimate of drug-likeness (QED) is 0.372. The summed E-state index contributed by atoms with van der Waals surface area (Å²) in [6, 6.07) is 0. The molecule has 8 heavy (non-hydrogen) atoms. The monoisotopic (exact) mass is 115 g/mol. The first kappa shape index (κ1) is 6.94. The fraction of sp³-hybridized carbons (Fsp3) is 0.500. The first-order valence-electron chi connectivity index (χ1n) is 2.05. The van der Waals surface area contributed by atoms with Gasteiger partial charge in [-0.2, -0.15) is 0 Å². The molecule has 0 saturated carbocycles. The lowest BCUT2D eigenvalue weighted by atomic mass is 10.7. The Hall–Kier alpha value is -1.06. The number of carbonyl (C=O) groups is 1. The Kier molecular flexibility index (Phi) is 2.61. The van der Waals surface area contributed by atoms with Crippen LogP contribution < -0.4 is 5.43 Å². The lowest BCUT2D eigenvalue weighted by molar-refractivity contribution is -0.121. The fourth-order valence-corrected chi connectivity index (χ4v) is 0.259. The summed E-state index contributed by atoms with van der Waals surface area (Å²) in [5, 5.41) is 0.919. The largest absolute Gasteiger partial charge is 0.331 e. The molecule has 1 N–H and O–H groups in total. The van der Waals surface area contributed by atoms with Gasteiger partial charge in [-0.25, -0.2) is 5.01 Å². The molecule has 0 aromatic rings. The van der Waals surface area contributed by atoms with Crippen molar-refractivity contribution < 1.29 is 9.59 Å². The molecule has 0 heterocycles. The summed E-state index contributed by atoms with van der Waals surface area (Å²) in [7, 11) is 1.40. The van der Waals surface area contributed by atoms with Crippen LogP contribution in [0.3, 0.4) is 0 Å². The van der Waals surface area contributed by atoms with Gasteiger partial charge < -0.3 is 0 Å². The number of rotatable bonds is 2. The molecule has 0 spiro atoms. The van der Waals surface area contributed by atoms with Gasteiger partial charge in [0.15, 0.2) is 0 Å². The minimum absolute atomic E-state index is 0.282. The summed E-state index contributed by atoms with van der Waals surface area (Å²) < 4.78 is 0. The van der Waals surface area contributed by atoms with Gasteiger partial charge in [0.05, 0.1) is 0 Å². The van der Waals surface area contributed by atoms with Crippen molar-refractivity contribution in [3.05, 3.63) is 0 Å². The molecule has 45 valence electrons. The zero-order valence-electron chi connectivity index (χ0n) is 4.76. The van der Waals surface area contributed by atoms with Gasteiger partial charge in [0.2, 0.25) is 5.91 Å². The average Bonchev–Trinajstić information content (AvgIpc) is 1.65. The van der Waals surface area contributed by atoms with Gasteiger partial charge in [-0.1, -0.05) is 0 Å². The average molecular weight is 115 g/mol. The van der Waals surface area contributed by atoms with Gasteiger partial charge >= 0.3 is 6.41 Å². The molecule has 0 rings (SSSR count). The van der Waals surface area contributed by atoms with Crippen molar-refractivity contribution in [3.63, 3.8) is 0 Å². The van der Waals surface area contributed by atoms with Crippen molar-refractivity contribution in [2.45, 2.75) is 6.92 Å². The van der Waals surface area contributed by atoms with E-state index in [0.717, 1.165) is 5.01 Å². The standard InChI is InChI=1S/C4H7N2O2/c1-4(8)5-6(2)3-7/h1-2H3,(H,5,8). The second-order valence-corrected chi connectivity index (χ2v) is 1.32. The van der Waals surface area contributed by atoms with E-state index in [1.54, 1.807) is 0 Å². The van der Waals surface area contributed by atoms with Crippen molar-refractivity contribution in [1.82, 2.24) is 10.4 Å². The van der Waals surface area contributed by atoms with Gasteiger partial charge in [-0.05, 0) is 0 Å². The Bertz CT molecular complexity index is 102. The molecular formula is C4H7N2O2. The Morgan fingerprint density at radius 1 is 1.75 bits per heavy atom. The van der Waals surface area contributed by atoms with Gasteiger partial charge in [-0.3, -0.25) is 15.0 Å². The third kappa shape index (κ3) is 3.14. The maximum absolute atomic E-state index is 10.1. The van der Waals surface area contributed by atoms with E-state index in [9.17, 15) is 9.59 Å². The molecule has 0 aromatic heterocycles. The van der Waals surface area contributed by atoms with Crippen molar-refractivity contribution in [2.24, 2.45) is 0 Å². The van der Waals surface area contributed by atoms with E-state index in [1.165, 1.54) is 20.4 Å². The van der Waals surface area contributed by atoms with Gasteiger partial charge in [0.25, 0.3) is 0 Å². The third-order valence-corrected chi connectivity index (χ3v) is 0.462. The van der Waals surface area contributed by atoms with Crippen molar-refractivity contribution in [3.8, 4) is 0 Å². The minimum Gasteiger partial charge on any atom is -0.274 e. The van der Waals surface area contributed by atoms with Crippen molar-refractivity contribution in [2.75, 3.05) is 7.05 Å². The molecule has 0 fully saturated rings. The van der Waals surface area contributed by atoms with Crippen molar-refractivity contribution >= 4 is 12.3 Å². The zero-order valence-corrected chi connectivity index (χ0v) is 4.76. The van der Waals surface area contributed by atoms with Crippen LogP contribution in [0.4, 0.5) is 0 Å². The molecule has 0 bridgehead atoms. The lowest BCUT2D eigenvalue weighted by Crippen LogP contribution is -2.36. The number of nitrogens with zero attached hydrogens (tertiary/aromatic N) is 1. The van der Waals surface area contributed by atoms with E-state index in [1.807, 2.05) is 0 Å². The van der Waals surface area contributed by atoms with Gasteiger partial charge in [-0.15, -0.1) is 0 Å². The Balaban J connectivity index is 3.38. The second kappa shape index (κ2) is 3.01. The summed E-state index contributed by atoms with van der Waals surface area (Å²) in [4.78, 5) is 19.7. The minimum atomic E-state index is -0.282. The molecule has 1 radical (unpaired) electrons. The number of hydrogen-bond donors (Lipinski definition) is 1. The van der Waals surface area contributed by atoms with Crippen LogP contribution in [0, 0.1) is 0 Å². The van der Waals surface area contributed by atoms with Crippen LogP contribution >= 0.6 is 0 Å². The highest BCUT2D eigenvalue weighted by molar-refractivity contribution is 5.73. The van der Waals surface area contributed by atoms with Crippen LogP contribution in [0.2, 0.25) is 0 Å². The molecule has 0 saturated heterocycles. The second-order valence-electron chi connectivity index (χ2n) is 1.32. The highest BCUT2D eigenvalue weighted by atomic mass is 16.2.